The second-order valence-electron chi connectivity index (χ2n) is 5.26. The Balaban J connectivity index is 1.99. The highest BCUT2D eigenvalue weighted by Crippen LogP contribution is 2.29. The third-order valence-electron chi connectivity index (χ3n) is 3.67. The summed E-state index contributed by atoms with van der Waals surface area (Å²) in [5.74, 6) is -1.27. The monoisotopic (exact) mass is 291 g/mol. The van der Waals surface area contributed by atoms with E-state index in [-0.39, 0.29) is 18.4 Å². The number of carboxylic acid groups (broad SMARTS) is 1. The molecule has 2 atom stereocenters. The third kappa shape index (κ3) is 4.04. The van der Waals surface area contributed by atoms with E-state index < -0.39 is 12.0 Å². The smallest absolute Gasteiger partial charge is 0.326 e. The van der Waals surface area contributed by atoms with Gasteiger partial charge >= 0.3 is 5.97 Å². The van der Waals surface area contributed by atoms with Gasteiger partial charge in [0.1, 0.15) is 6.04 Å². The lowest BCUT2D eigenvalue weighted by atomic mass is 9.95. The third-order valence-corrected chi connectivity index (χ3v) is 3.67. The fraction of sp³-hybridized carbons (Fsp3) is 0.500. The normalized spacial score (nSPS) is 18.6. The molecule has 114 valence electrons. The van der Waals surface area contributed by atoms with Crippen molar-refractivity contribution in [3.63, 3.8) is 0 Å². The average Bonchev–Trinajstić information content (AvgIpc) is 2.47. The van der Waals surface area contributed by atoms with Gasteiger partial charge in [-0.2, -0.15) is 0 Å². The van der Waals surface area contributed by atoms with E-state index >= 15 is 0 Å². The number of ether oxygens (including phenoxy) is 1. The van der Waals surface area contributed by atoms with Crippen molar-refractivity contribution in [2.24, 2.45) is 0 Å². The number of fused-ring (bicyclic) bond motifs is 1. The highest BCUT2D eigenvalue weighted by atomic mass is 16.5. The molecule has 21 heavy (non-hydrogen) atoms. The molecule has 1 aromatic rings. The maximum Gasteiger partial charge on any atom is 0.326 e. The Kier molecular flexibility index (Phi) is 5.33. The Morgan fingerprint density at radius 2 is 2.19 bits per heavy atom. The molecule has 0 spiro atoms. The molecular weight excluding hydrogens is 270 g/mol. The highest BCUT2D eigenvalue weighted by Gasteiger charge is 2.25. The van der Waals surface area contributed by atoms with Crippen molar-refractivity contribution in [2.45, 2.75) is 44.8 Å². The minimum absolute atomic E-state index is 0.157. The van der Waals surface area contributed by atoms with Crippen molar-refractivity contribution in [3.05, 3.63) is 35.4 Å². The second kappa shape index (κ2) is 7.22. The van der Waals surface area contributed by atoms with Crippen LogP contribution in [0.5, 0.6) is 0 Å². The molecule has 0 fully saturated rings. The van der Waals surface area contributed by atoms with Crippen LogP contribution in [0.1, 0.15) is 43.4 Å². The number of carbonyl (C=O) groups excluding carboxylic acids is 1. The summed E-state index contributed by atoms with van der Waals surface area (Å²) in [7, 11) is 0. The number of nitrogens with one attached hydrogen (secondary N) is 1. The van der Waals surface area contributed by atoms with Crippen molar-refractivity contribution < 1.29 is 19.4 Å². The van der Waals surface area contributed by atoms with Crippen LogP contribution in [0.2, 0.25) is 0 Å². The first-order chi connectivity index (χ1) is 10.1. The molecule has 2 N–H and O–H groups in total. The van der Waals surface area contributed by atoms with Crippen molar-refractivity contribution in [1.29, 1.82) is 0 Å². The maximum absolute atomic E-state index is 12.1. The fourth-order valence-corrected chi connectivity index (χ4v) is 2.61. The van der Waals surface area contributed by atoms with Crippen LogP contribution in [-0.2, 0) is 20.7 Å². The quantitative estimate of drug-likeness (QED) is 0.841. The van der Waals surface area contributed by atoms with E-state index in [0.717, 1.165) is 12.0 Å². The molecule has 0 saturated heterocycles. The maximum atomic E-state index is 12.1. The van der Waals surface area contributed by atoms with Crippen LogP contribution in [0, 0.1) is 0 Å². The molecular formula is C16H21NO4. The van der Waals surface area contributed by atoms with Crippen LogP contribution < -0.4 is 5.32 Å². The first-order valence-corrected chi connectivity index (χ1v) is 7.33. The van der Waals surface area contributed by atoms with Gasteiger partial charge in [-0.15, -0.1) is 0 Å². The average molecular weight is 291 g/mol. The van der Waals surface area contributed by atoms with Crippen LogP contribution >= 0.6 is 0 Å². The Hall–Kier alpha value is -1.88. The molecule has 2 unspecified atom stereocenters. The topological polar surface area (TPSA) is 75.6 Å². The summed E-state index contributed by atoms with van der Waals surface area (Å²) in [4.78, 5) is 23.1. The second-order valence-corrected chi connectivity index (χ2v) is 5.26. The molecule has 0 aliphatic carbocycles. The zero-order valence-corrected chi connectivity index (χ0v) is 12.2. The van der Waals surface area contributed by atoms with E-state index in [1.807, 2.05) is 31.2 Å². The van der Waals surface area contributed by atoms with Gasteiger partial charge in [0.15, 0.2) is 0 Å². The molecule has 1 amide bonds. The minimum atomic E-state index is -0.991. The lowest BCUT2D eigenvalue weighted by Gasteiger charge is -2.26. The fourth-order valence-electron chi connectivity index (χ4n) is 2.61. The van der Waals surface area contributed by atoms with Gasteiger partial charge in [-0.3, -0.25) is 4.79 Å². The number of amides is 1. The van der Waals surface area contributed by atoms with Gasteiger partial charge in [0.05, 0.1) is 19.1 Å². The number of carbonyl (C=O) groups is 2. The summed E-state index contributed by atoms with van der Waals surface area (Å²) >= 11 is 0. The van der Waals surface area contributed by atoms with E-state index in [1.165, 1.54) is 5.56 Å². The summed E-state index contributed by atoms with van der Waals surface area (Å²) < 4.78 is 5.67. The number of rotatable bonds is 6. The van der Waals surface area contributed by atoms with E-state index in [9.17, 15) is 9.59 Å². The van der Waals surface area contributed by atoms with Crippen molar-refractivity contribution in [1.82, 2.24) is 5.32 Å². The summed E-state index contributed by atoms with van der Waals surface area (Å²) in [5, 5.41) is 11.6. The van der Waals surface area contributed by atoms with Gasteiger partial charge < -0.3 is 15.2 Å². The summed E-state index contributed by atoms with van der Waals surface area (Å²) in [6, 6.07) is 7.09. The van der Waals surface area contributed by atoms with E-state index in [0.29, 0.717) is 19.4 Å². The van der Waals surface area contributed by atoms with Crippen molar-refractivity contribution in [2.75, 3.05) is 6.61 Å². The molecule has 2 rings (SSSR count). The molecule has 1 heterocycles. The number of aliphatic carboxylic acids is 1. The largest absolute Gasteiger partial charge is 0.480 e. The molecule has 5 heteroatoms. The van der Waals surface area contributed by atoms with Gasteiger partial charge in [0.25, 0.3) is 0 Å². The predicted octanol–water partition coefficient (Wildman–Crippen LogP) is 2.06. The Bertz CT molecular complexity index is 515. The van der Waals surface area contributed by atoms with E-state index in [2.05, 4.69) is 5.32 Å². The highest BCUT2D eigenvalue weighted by molar-refractivity contribution is 5.83. The summed E-state index contributed by atoms with van der Waals surface area (Å²) in [6.45, 7) is 2.48. The Morgan fingerprint density at radius 1 is 1.43 bits per heavy atom. The molecule has 1 aromatic carbocycles. The van der Waals surface area contributed by atoms with Crippen LogP contribution in [0.25, 0.3) is 0 Å². The van der Waals surface area contributed by atoms with Gasteiger partial charge in [-0.05, 0) is 24.0 Å². The predicted molar refractivity (Wildman–Crippen MR) is 77.9 cm³/mol. The van der Waals surface area contributed by atoms with E-state index in [4.69, 9.17) is 9.84 Å². The number of benzene rings is 1. The van der Waals surface area contributed by atoms with Crippen LogP contribution in [0.15, 0.2) is 24.3 Å². The summed E-state index contributed by atoms with van der Waals surface area (Å²) in [5.41, 5.74) is 2.23. The first-order valence-electron chi connectivity index (χ1n) is 7.33. The lowest BCUT2D eigenvalue weighted by Crippen LogP contribution is -2.41. The number of hydrogen-bond donors (Lipinski definition) is 2. The standard InChI is InChI=1S/C16H21NO4/c1-2-5-13(16(19)20)17-15(18)10-14-12-7-4-3-6-11(12)8-9-21-14/h3-4,6-7,13-14H,2,5,8-10H2,1H3,(H,17,18)(H,19,20). The lowest BCUT2D eigenvalue weighted by molar-refractivity contribution is -0.142. The van der Waals surface area contributed by atoms with Gasteiger partial charge in [0.2, 0.25) is 5.91 Å². The Labute approximate surface area is 124 Å². The van der Waals surface area contributed by atoms with E-state index in [1.54, 1.807) is 0 Å². The van der Waals surface area contributed by atoms with Crippen molar-refractivity contribution in [3.8, 4) is 0 Å². The molecule has 0 saturated carbocycles. The Morgan fingerprint density at radius 3 is 2.90 bits per heavy atom. The SMILES string of the molecule is CCCC(NC(=O)CC1OCCc2ccccc21)C(=O)O. The molecule has 0 aromatic heterocycles. The molecule has 1 aliphatic heterocycles. The number of carboxylic acids is 1. The van der Waals surface area contributed by atoms with Gasteiger partial charge in [-0.1, -0.05) is 37.6 Å². The zero-order valence-electron chi connectivity index (χ0n) is 12.2. The number of hydrogen-bond acceptors (Lipinski definition) is 3. The van der Waals surface area contributed by atoms with Crippen LogP contribution in [0.4, 0.5) is 0 Å². The van der Waals surface area contributed by atoms with Gasteiger partial charge in [-0.25, -0.2) is 4.79 Å². The molecule has 5 nitrogen and oxygen atoms in total. The van der Waals surface area contributed by atoms with Gasteiger partial charge in [0, 0.05) is 0 Å². The van der Waals surface area contributed by atoms with Crippen LogP contribution in [-0.4, -0.2) is 29.6 Å². The minimum Gasteiger partial charge on any atom is -0.480 e. The molecule has 1 aliphatic rings. The van der Waals surface area contributed by atoms with Crippen LogP contribution in [0.3, 0.4) is 0 Å². The zero-order chi connectivity index (χ0) is 15.2. The summed E-state index contributed by atoms with van der Waals surface area (Å²) in [6.07, 6.45) is 1.86. The van der Waals surface area contributed by atoms with Crippen molar-refractivity contribution >= 4 is 11.9 Å². The first kappa shape index (κ1) is 15.5. The molecule has 0 radical (unpaired) electrons. The molecule has 0 bridgehead atoms.